The molecule has 1 N–H and O–H groups in total. The van der Waals surface area contributed by atoms with Gasteiger partial charge >= 0.3 is 0 Å². The maximum atomic E-state index is 12.7. The molecule has 25 heavy (non-hydrogen) atoms. The number of pyridine rings is 1. The molecule has 0 saturated carbocycles. The predicted molar refractivity (Wildman–Crippen MR) is 103 cm³/mol. The number of hydrogen-bond acceptors (Lipinski definition) is 3. The van der Waals surface area contributed by atoms with E-state index < -0.39 is 0 Å². The average molecular weight is 331 g/mol. The van der Waals surface area contributed by atoms with E-state index in [0.717, 1.165) is 22.6 Å². The van der Waals surface area contributed by atoms with Crippen molar-refractivity contribution in [1.82, 2.24) is 4.98 Å². The van der Waals surface area contributed by atoms with Crippen LogP contribution in [0.4, 0.5) is 17.1 Å². The lowest BCUT2D eigenvalue weighted by molar-refractivity contribution is 0.0988. The highest BCUT2D eigenvalue weighted by atomic mass is 16.2. The zero-order chi connectivity index (χ0) is 17.8. The number of carbonyl (C=O) groups excluding carboxylic acids is 1. The summed E-state index contributed by atoms with van der Waals surface area (Å²) in [4.78, 5) is 18.5. The van der Waals surface area contributed by atoms with Crippen LogP contribution in [0.15, 0.2) is 66.9 Å². The highest BCUT2D eigenvalue weighted by Crippen LogP contribution is 2.22. The summed E-state index contributed by atoms with van der Waals surface area (Å²) in [5.41, 5.74) is 5.44. The van der Waals surface area contributed by atoms with Crippen molar-refractivity contribution in [2.24, 2.45) is 0 Å². The highest BCUT2D eigenvalue weighted by molar-refractivity contribution is 6.04. The summed E-state index contributed by atoms with van der Waals surface area (Å²) in [5, 5.41) is 3.38. The van der Waals surface area contributed by atoms with Gasteiger partial charge in [0.05, 0.1) is 0 Å². The van der Waals surface area contributed by atoms with Crippen molar-refractivity contribution in [2.75, 3.05) is 17.3 Å². The molecule has 0 bridgehead atoms. The second-order valence-corrected chi connectivity index (χ2v) is 6.07. The van der Waals surface area contributed by atoms with Gasteiger partial charge in [-0.2, -0.15) is 0 Å². The van der Waals surface area contributed by atoms with Crippen LogP contribution in [-0.4, -0.2) is 17.9 Å². The number of anilines is 3. The van der Waals surface area contributed by atoms with Crippen LogP contribution in [0.1, 0.15) is 21.6 Å². The van der Waals surface area contributed by atoms with Crippen molar-refractivity contribution < 1.29 is 4.79 Å². The first-order chi connectivity index (χ1) is 12.0. The lowest BCUT2D eigenvalue weighted by Gasteiger charge is -2.17. The zero-order valence-corrected chi connectivity index (χ0v) is 14.7. The monoisotopic (exact) mass is 331 g/mol. The molecule has 0 unspecified atom stereocenters. The fraction of sp³-hybridized carbons (Fsp3) is 0.143. The summed E-state index contributed by atoms with van der Waals surface area (Å²) in [5.74, 6) is -0.143. The van der Waals surface area contributed by atoms with Crippen LogP contribution in [0.25, 0.3) is 0 Å². The molecule has 4 heteroatoms. The Labute approximate surface area is 148 Å². The van der Waals surface area contributed by atoms with Crippen molar-refractivity contribution in [1.29, 1.82) is 0 Å². The second kappa shape index (κ2) is 7.18. The van der Waals surface area contributed by atoms with Gasteiger partial charge in [0.2, 0.25) is 0 Å². The van der Waals surface area contributed by atoms with E-state index in [9.17, 15) is 4.79 Å². The van der Waals surface area contributed by atoms with Gasteiger partial charge in [-0.3, -0.25) is 9.78 Å². The standard InChI is InChI=1S/C21H21N3O/c1-15-9-10-16(2)19(13-15)23-17-11-12-22-20(14-17)21(25)24(3)18-7-5-4-6-8-18/h4-14H,1-3H3,(H,22,23). The van der Waals surface area contributed by atoms with Gasteiger partial charge in [0.1, 0.15) is 5.69 Å². The topological polar surface area (TPSA) is 45.2 Å². The lowest BCUT2D eigenvalue weighted by atomic mass is 10.1. The van der Waals surface area contributed by atoms with E-state index in [1.165, 1.54) is 5.56 Å². The Morgan fingerprint density at radius 1 is 1.00 bits per heavy atom. The SMILES string of the molecule is Cc1ccc(C)c(Nc2ccnc(C(=O)N(C)c3ccccc3)c2)c1. The van der Waals surface area contributed by atoms with Crippen molar-refractivity contribution in [3.8, 4) is 0 Å². The Kier molecular flexibility index (Phi) is 4.80. The van der Waals surface area contributed by atoms with Crippen LogP contribution in [0, 0.1) is 13.8 Å². The largest absolute Gasteiger partial charge is 0.355 e. The first-order valence-electron chi connectivity index (χ1n) is 8.18. The van der Waals surface area contributed by atoms with Gasteiger partial charge in [-0.15, -0.1) is 0 Å². The van der Waals surface area contributed by atoms with Crippen LogP contribution in [0.2, 0.25) is 0 Å². The second-order valence-electron chi connectivity index (χ2n) is 6.07. The minimum Gasteiger partial charge on any atom is -0.355 e. The Bertz CT molecular complexity index is 891. The summed E-state index contributed by atoms with van der Waals surface area (Å²) in [6, 6.07) is 19.4. The third kappa shape index (κ3) is 3.86. The van der Waals surface area contributed by atoms with E-state index in [-0.39, 0.29) is 5.91 Å². The number of aromatic nitrogens is 1. The van der Waals surface area contributed by atoms with Crippen molar-refractivity contribution >= 4 is 23.0 Å². The molecule has 1 amide bonds. The van der Waals surface area contributed by atoms with Crippen LogP contribution in [0.3, 0.4) is 0 Å². The quantitative estimate of drug-likeness (QED) is 0.752. The molecular formula is C21H21N3O. The number of para-hydroxylation sites is 1. The van der Waals surface area contributed by atoms with Gasteiger partial charge in [0.25, 0.3) is 5.91 Å². The molecule has 4 nitrogen and oxygen atoms in total. The number of hydrogen-bond donors (Lipinski definition) is 1. The van der Waals surface area contributed by atoms with E-state index >= 15 is 0 Å². The number of aryl methyl sites for hydroxylation is 2. The third-order valence-electron chi connectivity index (χ3n) is 4.10. The minimum absolute atomic E-state index is 0.143. The van der Waals surface area contributed by atoms with Crippen molar-refractivity contribution in [3.63, 3.8) is 0 Å². The lowest BCUT2D eigenvalue weighted by Crippen LogP contribution is -2.27. The third-order valence-corrected chi connectivity index (χ3v) is 4.10. The van der Waals surface area contributed by atoms with Gasteiger partial charge in [-0.05, 0) is 55.3 Å². The molecule has 0 aliphatic heterocycles. The van der Waals surface area contributed by atoms with Crippen molar-refractivity contribution in [2.45, 2.75) is 13.8 Å². The molecule has 0 aliphatic carbocycles. The number of carbonyl (C=O) groups is 1. The van der Waals surface area contributed by atoms with Gasteiger partial charge in [-0.25, -0.2) is 0 Å². The van der Waals surface area contributed by atoms with E-state index in [1.807, 2.05) is 36.4 Å². The maximum Gasteiger partial charge on any atom is 0.276 e. The van der Waals surface area contributed by atoms with Crippen LogP contribution in [0.5, 0.6) is 0 Å². The van der Waals surface area contributed by atoms with Gasteiger partial charge in [0, 0.05) is 30.3 Å². The molecule has 0 radical (unpaired) electrons. The highest BCUT2D eigenvalue weighted by Gasteiger charge is 2.15. The van der Waals surface area contributed by atoms with Crippen molar-refractivity contribution in [3.05, 3.63) is 83.7 Å². The fourth-order valence-electron chi connectivity index (χ4n) is 2.59. The summed E-state index contributed by atoms with van der Waals surface area (Å²) in [6.45, 7) is 4.11. The Morgan fingerprint density at radius 2 is 1.76 bits per heavy atom. The van der Waals surface area contributed by atoms with Crippen LogP contribution in [-0.2, 0) is 0 Å². The Balaban J connectivity index is 1.84. The van der Waals surface area contributed by atoms with Gasteiger partial charge in [0.15, 0.2) is 0 Å². The summed E-state index contributed by atoms with van der Waals surface area (Å²) in [7, 11) is 1.75. The Morgan fingerprint density at radius 3 is 2.52 bits per heavy atom. The summed E-state index contributed by atoms with van der Waals surface area (Å²) < 4.78 is 0. The molecule has 0 aliphatic rings. The van der Waals surface area contributed by atoms with Gasteiger partial charge in [-0.1, -0.05) is 30.3 Å². The number of nitrogens with one attached hydrogen (secondary N) is 1. The Hall–Kier alpha value is -3.14. The van der Waals surface area contributed by atoms with E-state index in [4.69, 9.17) is 0 Å². The first-order valence-corrected chi connectivity index (χ1v) is 8.18. The number of rotatable bonds is 4. The number of benzene rings is 2. The molecule has 2 aromatic carbocycles. The molecule has 0 atom stereocenters. The molecule has 1 aromatic heterocycles. The van der Waals surface area contributed by atoms with Gasteiger partial charge < -0.3 is 10.2 Å². The molecule has 126 valence electrons. The van der Waals surface area contributed by atoms with E-state index in [1.54, 1.807) is 24.2 Å². The molecule has 3 rings (SSSR count). The van der Waals surface area contributed by atoms with E-state index in [2.05, 4.69) is 42.3 Å². The average Bonchev–Trinajstić information content (AvgIpc) is 2.64. The molecular weight excluding hydrogens is 310 g/mol. The number of nitrogens with zero attached hydrogens (tertiary/aromatic N) is 2. The number of amides is 1. The fourth-order valence-corrected chi connectivity index (χ4v) is 2.59. The van der Waals surface area contributed by atoms with Crippen LogP contribution < -0.4 is 10.2 Å². The molecule has 0 saturated heterocycles. The van der Waals surface area contributed by atoms with Crippen LogP contribution >= 0.6 is 0 Å². The first kappa shape index (κ1) is 16.7. The molecule has 3 aromatic rings. The minimum atomic E-state index is -0.143. The summed E-state index contributed by atoms with van der Waals surface area (Å²) >= 11 is 0. The molecule has 1 heterocycles. The molecule has 0 spiro atoms. The van der Waals surface area contributed by atoms with E-state index in [0.29, 0.717) is 5.69 Å². The zero-order valence-electron chi connectivity index (χ0n) is 14.7. The summed E-state index contributed by atoms with van der Waals surface area (Å²) in [6.07, 6.45) is 1.65. The molecule has 0 fully saturated rings. The smallest absolute Gasteiger partial charge is 0.276 e. The maximum absolute atomic E-state index is 12.7. The normalized spacial score (nSPS) is 10.4. The predicted octanol–water partition coefficient (Wildman–Crippen LogP) is 4.72.